The van der Waals surface area contributed by atoms with E-state index in [0.29, 0.717) is 0 Å². The van der Waals surface area contributed by atoms with Gasteiger partial charge in [-0.3, -0.25) is 4.90 Å². The molecule has 0 atom stereocenters. The average molecular weight is 251 g/mol. The maximum atomic E-state index is 13.0. The summed E-state index contributed by atoms with van der Waals surface area (Å²) in [5.74, 6) is 2.17. The molecule has 0 saturated carbocycles. The molecule has 2 aromatic rings. The molecular formula is C12H14FN3S. The molecule has 2 aromatic heterocycles. The normalized spacial score (nSPS) is 17.7. The molecule has 0 N–H and O–H groups in total. The smallest absolute Gasteiger partial charge is 0.139 e. The van der Waals surface area contributed by atoms with E-state index < -0.39 is 0 Å². The van der Waals surface area contributed by atoms with E-state index in [9.17, 15) is 4.39 Å². The van der Waals surface area contributed by atoms with Crippen LogP contribution in [-0.4, -0.2) is 38.9 Å². The summed E-state index contributed by atoms with van der Waals surface area (Å²) in [6.45, 7) is 3.10. The minimum Gasteiger partial charge on any atom is -0.304 e. The van der Waals surface area contributed by atoms with E-state index >= 15 is 0 Å². The molecular weight excluding hydrogens is 237 g/mol. The monoisotopic (exact) mass is 251 g/mol. The van der Waals surface area contributed by atoms with E-state index in [4.69, 9.17) is 0 Å². The maximum Gasteiger partial charge on any atom is 0.139 e. The number of thioether (sulfide) groups is 1. The summed E-state index contributed by atoms with van der Waals surface area (Å²) in [6, 6.07) is 3.16. The molecule has 3 rings (SSSR count). The third kappa shape index (κ3) is 2.45. The Labute approximate surface area is 104 Å². The number of nitrogens with zero attached hydrogens (tertiary/aromatic N) is 3. The van der Waals surface area contributed by atoms with E-state index in [0.717, 1.165) is 31.0 Å². The third-order valence-electron chi connectivity index (χ3n) is 2.95. The Morgan fingerprint density at radius 3 is 2.88 bits per heavy atom. The largest absolute Gasteiger partial charge is 0.304 e. The lowest BCUT2D eigenvalue weighted by atomic mass is 10.4. The van der Waals surface area contributed by atoms with Crippen molar-refractivity contribution in [2.24, 2.45) is 0 Å². The number of imidazole rings is 1. The van der Waals surface area contributed by atoms with Crippen LogP contribution in [0.5, 0.6) is 0 Å². The van der Waals surface area contributed by atoms with Crippen molar-refractivity contribution in [1.82, 2.24) is 14.3 Å². The number of aromatic nitrogens is 2. The van der Waals surface area contributed by atoms with Crippen molar-refractivity contribution in [3.63, 3.8) is 0 Å². The Kier molecular flexibility index (Phi) is 3.03. The second-order valence-corrected chi connectivity index (χ2v) is 5.46. The highest BCUT2D eigenvalue weighted by atomic mass is 32.2. The molecule has 17 heavy (non-hydrogen) atoms. The Morgan fingerprint density at radius 2 is 2.06 bits per heavy atom. The summed E-state index contributed by atoms with van der Waals surface area (Å²) in [5, 5.41) is 0. The molecule has 0 amide bonds. The zero-order chi connectivity index (χ0) is 11.7. The number of hydrogen-bond acceptors (Lipinski definition) is 3. The predicted molar refractivity (Wildman–Crippen MR) is 67.8 cm³/mol. The molecule has 1 aliphatic rings. The van der Waals surface area contributed by atoms with E-state index in [-0.39, 0.29) is 5.82 Å². The Bertz CT molecular complexity index is 519. The molecule has 3 heterocycles. The quantitative estimate of drug-likeness (QED) is 0.814. The fourth-order valence-electron chi connectivity index (χ4n) is 2.08. The number of pyridine rings is 1. The summed E-state index contributed by atoms with van der Waals surface area (Å²) in [6.07, 6.45) is 3.39. The van der Waals surface area contributed by atoms with Gasteiger partial charge in [0.05, 0.1) is 5.69 Å². The fraction of sp³-hybridized carbons (Fsp3) is 0.417. The van der Waals surface area contributed by atoms with Crippen LogP contribution in [0.3, 0.4) is 0 Å². The van der Waals surface area contributed by atoms with Gasteiger partial charge in [0, 0.05) is 43.5 Å². The number of fused-ring (bicyclic) bond motifs is 1. The molecule has 0 bridgehead atoms. The Morgan fingerprint density at radius 1 is 1.24 bits per heavy atom. The van der Waals surface area contributed by atoms with E-state index in [1.807, 2.05) is 18.0 Å². The van der Waals surface area contributed by atoms with Crippen LogP contribution in [0.2, 0.25) is 0 Å². The van der Waals surface area contributed by atoms with Crippen molar-refractivity contribution in [3.8, 4) is 0 Å². The summed E-state index contributed by atoms with van der Waals surface area (Å²) >= 11 is 2.00. The van der Waals surface area contributed by atoms with Crippen molar-refractivity contribution in [2.45, 2.75) is 6.54 Å². The summed E-state index contributed by atoms with van der Waals surface area (Å²) in [4.78, 5) is 6.89. The SMILES string of the molecule is Fc1ccc2nc(CN3CCSCC3)cn2c1. The van der Waals surface area contributed by atoms with Crippen molar-refractivity contribution in [2.75, 3.05) is 24.6 Å². The lowest BCUT2D eigenvalue weighted by Crippen LogP contribution is -2.32. The van der Waals surface area contributed by atoms with Gasteiger partial charge in [-0.25, -0.2) is 9.37 Å². The van der Waals surface area contributed by atoms with Crippen LogP contribution in [-0.2, 0) is 6.54 Å². The first-order valence-electron chi connectivity index (χ1n) is 5.74. The van der Waals surface area contributed by atoms with Gasteiger partial charge in [-0.1, -0.05) is 0 Å². The summed E-state index contributed by atoms with van der Waals surface area (Å²) in [5.41, 5.74) is 1.83. The van der Waals surface area contributed by atoms with Crippen LogP contribution in [0.4, 0.5) is 4.39 Å². The summed E-state index contributed by atoms with van der Waals surface area (Å²) < 4.78 is 14.8. The number of halogens is 1. The first kappa shape index (κ1) is 11.0. The van der Waals surface area contributed by atoms with Crippen molar-refractivity contribution in [3.05, 3.63) is 36.0 Å². The van der Waals surface area contributed by atoms with Crippen molar-refractivity contribution >= 4 is 17.4 Å². The Balaban J connectivity index is 1.80. The minimum atomic E-state index is -0.226. The highest BCUT2D eigenvalue weighted by Gasteiger charge is 2.12. The molecule has 1 aliphatic heterocycles. The molecule has 5 heteroatoms. The van der Waals surface area contributed by atoms with E-state index in [2.05, 4.69) is 9.88 Å². The van der Waals surface area contributed by atoms with Gasteiger partial charge in [-0.2, -0.15) is 11.8 Å². The lowest BCUT2D eigenvalue weighted by Gasteiger charge is -2.24. The molecule has 3 nitrogen and oxygen atoms in total. The van der Waals surface area contributed by atoms with Gasteiger partial charge in [-0.15, -0.1) is 0 Å². The molecule has 0 aromatic carbocycles. The van der Waals surface area contributed by atoms with Crippen LogP contribution in [0.1, 0.15) is 5.69 Å². The first-order valence-corrected chi connectivity index (χ1v) is 6.90. The van der Waals surface area contributed by atoms with Gasteiger partial charge in [-0.05, 0) is 12.1 Å². The summed E-state index contributed by atoms with van der Waals surface area (Å²) in [7, 11) is 0. The van der Waals surface area contributed by atoms with Crippen LogP contribution in [0.15, 0.2) is 24.5 Å². The van der Waals surface area contributed by atoms with Crippen LogP contribution in [0, 0.1) is 5.82 Å². The van der Waals surface area contributed by atoms with Gasteiger partial charge < -0.3 is 4.40 Å². The van der Waals surface area contributed by atoms with Crippen molar-refractivity contribution < 1.29 is 4.39 Å². The first-order chi connectivity index (χ1) is 8.31. The highest BCUT2D eigenvalue weighted by molar-refractivity contribution is 7.99. The van der Waals surface area contributed by atoms with Crippen LogP contribution >= 0.6 is 11.8 Å². The number of hydrogen-bond donors (Lipinski definition) is 0. The topological polar surface area (TPSA) is 20.5 Å². The van der Waals surface area contributed by atoms with Gasteiger partial charge >= 0.3 is 0 Å². The zero-order valence-electron chi connectivity index (χ0n) is 9.47. The maximum absolute atomic E-state index is 13.0. The van der Waals surface area contributed by atoms with Gasteiger partial charge in [0.2, 0.25) is 0 Å². The van der Waals surface area contributed by atoms with Crippen LogP contribution < -0.4 is 0 Å². The molecule has 0 unspecified atom stereocenters. The minimum absolute atomic E-state index is 0.226. The van der Waals surface area contributed by atoms with Crippen molar-refractivity contribution in [1.29, 1.82) is 0 Å². The fourth-order valence-corrected chi connectivity index (χ4v) is 3.06. The molecule has 0 aliphatic carbocycles. The Hall–Kier alpha value is -1.07. The predicted octanol–water partition coefficient (Wildman–Crippen LogP) is 2.02. The van der Waals surface area contributed by atoms with Gasteiger partial charge in [0.15, 0.2) is 0 Å². The van der Waals surface area contributed by atoms with Crippen LogP contribution in [0.25, 0.3) is 5.65 Å². The van der Waals surface area contributed by atoms with E-state index in [1.165, 1.54) is 23.8 Å². The van der Waals surface area contributed by atoms with Gasteiger partial charge in [0.25, 0.3) is 0 Å². The van der Waals surface area contributed by atoms with E-state index in [1.54, 1.807) is 10.5 Å². The standard InChI is InChI=1S/C12H14FN3S/c13-10-1-2-12-14-11(9-16(12)7-10)8-15-3-5-17-6-4-15/h1-2,7,9H,3-6,8H2. The molecule has 1 fully saturated rings. The second-order valence-electron chi connectivity index (χ2n) is 4.23. The third-order valence-corrected chi connectivity index (χ3v) is 3.90. The molecule has 1 saturated heterocycles. The second kappa shape index (κ2) is 4.66. The van der Waals surface area contributed by atoms with Gasteiger partial charge in [0.1, 0.15) is 11.5 Å². The zero-order valence-corrected chi connectivity index (χ0v) is 10.3. The molecule has 0 spiro atoms. The highest BCUT2D eigenvalue weighted by Crippen LogP contribution is 2.13. The molecule has 90 valence electrons. The number of rotatable bonds is 2. The lowest BCUT2D eigenvalue weighted by molar-refractivity contribution is 0.291. The average Bonchev–Trinajstić information content (AvgIpc) is 2.71. The molecule has 0 radical (unpaired) electrons.